The molecule has 0 spiro atoms. The third kappa shape index (κ3) is 3.58. The molecule has 1 aliphatic rings. The molecule has 1 aromatic carbocycles. The third-order valence-electron chi connectivity index (χ3n) is 5.69. The summed E-state index contributed by atoms with van der Waals surface area (Å²) >= 11 is 0. The van der Waals surface area contributed by atoms with Crippen LogP contribution in [0.15, 0.2) is 40.2 Å². The number of anilines is 2. The Morgan fingerprint density at radius 3 is 2.27 bits per heavy atom. The molecule has 2 N–H and O–H groups in total. The normalized spacial score (nSPS) is 15.1. The number of piperazine rings is 1. The van der Waals surface area contributed by atoms with Crippen LogP contribution in [0.25, 0.3) is 11.2 Å². The zero-order valence-corrected chi connectivity index (χ0v) is 17.0. The molecule has 11 heteroatoms. The van der Waals surface area contributed by atoms with Gasteiger partial charge in [-0.1, -0.05) is 0 Å². The minimum atomic E-state index is -0.382. The van der Waals surface area contributed by atoms with Gasteiger partial charge in [0.05, 0.1) is 12.0 Å². The Hall–Kier alpha value is -3.15. The Balaban J connectivity index is 1.40. The number of hydrogen-bond acceptors (Lipinski definition) is 8. The average Bonchev–Trinajstić information content (AvgIpc) is 3.19. The molecule has 3 aromatic rings. The van der Waals surface area contributed by atoms with Gasteiger partial charge in [-0.25, -0.2) is 9.78 Å². The number of rotatable bonds is 5. The Morgan fingerprint density at radius 2 is 1.63 bits per heavy atom. The van der Waals surface area contributed by atoms with Gasteiger partial charge in [-0.3, -0.25) is 29.2 Å². The van der Waals surface area contributed by atoms with E-state index in [2.05, 4.69) is 14.8 Å². The lowest BCUT2D eigenvalue weighted by molar-refractivity contribution is 0.0291. The van der Waals surface area contributed by atoms with Crippen molar-refractivity contribution in [2.24, 2.45) is 14.1 Å². The smallest absolute Gasteiger partial charge is 0.332 e. The van der Waals surface area contributed by atoms with Crippen molar-refractivity contribution in [3.8, 4) is 0 Å². The second-order valence-electron chi connectivity index (χ2n) is 7.45. The summed E-state index contributed by atoms with van der Waals surface area (Å²) in [6, 6.07) is 7.03. The summed E-state index contributed by atoms with van der Waals surface area (Å²) < 4.78 is 4.32. The molecule has 3 heterocycles. The molecular formula is C19H25N7O4. The number of fused-ring (bicyclic) bond motifs is 1. The molecule has 0 radical (unpaired) electrons. The van der Waals surface area contributed by atoms with Crippen molar-refractivity contribution in [1.29, 1.82) is 0 Å². The number of nitrogens with zero attached hydrogens (tertiary/aromatic N) is 7. The monoisotopic (exact) mass is 415 g/mol. The van der Waals surface area contributed by atoms with Crippen molar-refractivity contribution >= 4 is 22.5 Å². The molecule has 0 saturated carbocycles. The predicted molar refractivity (Wildman–Crippen MR) is 111 cm³/mol. The first kappa shape index (κ1) is 20.1. The largest absolute Gasteiger partial charge is 0.369 e. The minimum absolute atomic E-state index is 0.104. The number of benzene rings is 1. The van der Waals surface area contributed by atoms with Crippen molar-refractivity contribution in [1.82, 2.24) is 23.6 Å². The van der Waals surface area contributed by atoms with Crippen LogP contribution in [-0.2, 0) is 20.6 Å². The summed E-state index contributed by atoms with van der Waals surface area (Å²) in [7, 11) is 3.09. The molecule has 0 unspecified atom stereocenters. The molecule has 1 fully saturated rings. The van der Waals surface area contributed by atoms with Crippen LogP contribution in [0.1, 0.15) is 0 Å². The van der Waals surface area contributed by atoms with E-state index in [-0.39, 0.29) is 16.5 Å². The van der Waals surface area contributed by atoms with Gasteiger partial charge in [0.2, 0.25) is 0 Å². The van der Waals surface area contributed by atoms with Crippen LogP contribution < -0.4 is 21.4 Å². The van der Waals surface area contributed by atoms with Crippen LogP contribution in [-0.4, -0.2) is 66.7 Å². The highest BCUT2D eigenvalue weighted by Gasteiger charge is 2.19. The maximum absolute atomic E-state index is 12.5. The van der Waals surface area contributed by atoms with Gasteiger partial charge in [0, 0.05) is 59.1 Å². The molecular weight excluding hydrogens is 390 g/mol. The van der Waals surface area contributed by atoms with Crippen molar-refractivity contribution < 1.29 is 10.4 Å². The van der Waals surface area contributed by atoms with Crippen LogP contribution in [0.5, 0.6) is 0 Å². The first-order chi connectivity index (χ1) is 14.4. The Kier molecular flexibility index (Phi) is 5.33. The quantitative estimate of drug-likeness (QED) is 0.553. The molecule has 2 aromatic heterocycles. The fraction of sp³-hybridized carbons (Fsp3) is 0.421. The highest BCUT2D eigenvalue weighted by Crippen LogP contribution is 2.20. The van der Waals surface area contributed by atoms with E-state index in [4.69, 9.17) is 10.4 Å². The van der Waals surface area contributed by atoms with Crippen molar-refractivity contribution in [2.75, 3.05) is 42.9 Å². The highest BCUT2D eigenvalue weighted by molar-refractivity contribution is 5.69. The van der Waals surface area contributed by atoms with E-state index in [0.717, 1.165) is 43.0 Å². The van der Waals surface area contributed by atoms with E-state index in [0.29, 0.717) is 23.4 Å². The molecule has 0 bridgehead atoms. The molecule has 0 aliphatic carbocycles. The fourth-order valence-corrected chi connectivity index (χ4v) is 3.84. The lowest BCUT2D eigenvalue weighted by Crippen LogP contribution is -2.47. The summed E-state index contributed by atoms with van der Waals surface area (Å²) in [5, 5.41) is 18.2. The number of aryl methyl sites for hydroxylation is 1. The van der Waals surface area contributed by atoms with Gasteiger partial charge < -0.3 is 9.47 Å². The minimum Gasteiger partial charge on any atom is -0.369 e. The van der Waals surface area contributed by atoms with Crippen molar-refractivity contribution in [3.63, 3.8) is 0 Å². The van der Waals surface area contributed by atoms with Gasteiger partial charge in [0.15, 0.2) is 11.2 Å². The molecule has 4 rings (SSSR count). The lowest BCUT2D eigenvalue weighted by atomic mass is 10.2. The topological polar surface area (TPSA) is 112 Å². The first-order valence-electron chi connectivity index (χ1n) is 9.73. The van der Waals surface area contributed by atoms with Gasteiger partial charge in [-0.15, -0.1) is 5.23 Å². The second kappa shape index (κ2) is 7.94. The third-order valence-corrected chi connectivity index (χ3v) is 5.69. The van der Waals surface area contributed by atoms with Gasteiger partial charge >= 0.3 is 5.69 Å². The van der Waals surface area contributed by atoms with E-state index in [9.17, 15) is 9.59 Å². The zero-order valence-electron chi connectivity index (χ0n) is 17.0. The fourth-order valence-electron chi connectivity index (χ4n) is 3.84. The van der Waals surface area contributed by atoms with Crippen LogP contribution >= 0.6 is 0 Å². The van der Waals surface area contributed by atoms with Crippen LogP contribution in [0.3, 0.4) is 0 Å². The average molecular weight is 415 g/mol. The standard InChI is InChI=1S/C19H25N7O4/c1-21-17-16(18(27)22(2)19(21)28)25(13-20-17)12-9-23-7-10-24(11-8-23)14-3-5-15(6-4-14)26(29)30/h3-6,13,29-30H,7-12H2,1-2H3. The molecule has 0 amide bonds. The van der Waals surface area contributed by atoms with E-state index in [1.165, 1.54) is 11.6 Å². The Bertz CT molecular complexity index is 1150. The summed E-state index contributed by atoms with van der Waals surface area (Å²) in [5.74, 6) is 0. The van der Waals surface area contributed by atoms with Gasteiger partial charge in [0.1, 0.15) is 0 Å². The molecule has 30 heavy (non-hydrogen) atoms. The summed E-state index contributed by atoms with van der Waals surface area (Å²) in [5.41, 5.74) is 1.48. The van der Waals surface area contributed by atoms with Gasteiger partial charge in [-0.2, -0.15) is 0 Å². The first-order valence-corrected chi connectivity index (χ1v) is 9.73. The van der Waals surface area contributed by atoms with E-state index in [1.54, 1.807) is 25.5 Å². The van der Waals surface area contributed by atoms with Crippen LogP contribution in [0.4, 0.5) is 11.4 Å². The predicted octanol–water partition coefficient (Wildman–Crippen LogP) is -0.159. The maximum Gasteiger partial charge on any atom is 0.332 e. The van der Waals surface area contributed by atoms with E-state index < -0.39 is 0 Å². The summed E-state index contributed by atoms with van der Waals surface area (Å²) in [6.45, 7) is 4.83. The van der Waals surface area contributed by atoms with Crippen LogP contribution in [0.2, 0.25) is 0 Å². The second-order valence-corrected chi connectivity index (χ2v) is 7.45. The van der Waals surface area contributed by atoms with E-state index in [1.807, 2.05) is 16.7 Å². The summed E-state index contributed by atoms with van der Waals surface area (Å²) in [6.07, 6.45) is 1.62. The van der Waals surface area contributed by atoms with Gasteiger partial charge in [-0.05, 0) is 24.3 Å². The van der Waals surface area contributed by atoms with Crippen molar-refractivity contribution in [3.05, 3.63) is 51.4 Å². The number of hydrogen-bond donors (Lipinski definition) is 2. The lowest BCUT2D eigenvalue weighted by Gasteiger charge is -2.36. The summed E-state index contributed by atoms with van der Waals surface area (Å²) in [4.78, 5) is 33.4. The number of aromatic nitrogens is 4. The number of imidazole rings is 1. The van der Waals surface area contributed by atoms with Crippen molar-refractivity contribution in [2.45, 2.75) is 6.54 Å². The molecule has 1 aliphatic heterocycles. The van der Waals surface area contributed by atoms with E-state index >= 15 is 0 Å². The molecule has 11 nitrogen and oxygen atoms in total. The highest BCUT2D eigenvalue weighted by atomic mass is 16.8. The van der Waals surface area contributed by atoms with Gasteiger partial charge in [0.25, 0.3) is 5.56 Å². The molecule has 0 atom stereocenters. The SMILES string of the molecule is Cn1c(=O)c2c(ncn2CCN2CCN(c3ccc(N(O)O)cc3)CC2)n(C)c1=O. The molecule has 160 valence electrons. The molecule has 1 saturated heterocycles. The maximum atomic E-state index is 12.5. The zero-order chi connectivity index (χ0) is 21.4. The Labute approximate surface area is 172 Å². The Morgan fingerprint density at radius 1 is 0.967 bits per heavy atom. The van der Waals surface area contributed by atoms with Crippen LogP contribution in [0, 0.1) is 0 Å².